The molecule has 2 atom stereocenters. The van der Waals surface area contributed by atoms with Crippen LogP contribution in [0.5, 0.6) is 0 Å². The Labute approximate surface area is 152 Å². The maximum atomic E-state index is 14.0. The number of hydrogen-bond donors (Lipinski definition) is 1. The molecular weight excluding hydrogens is 337 g/mol. The van der Waals surface area contributed by atoms with E-state index in [2.05, 4.69) is 10.5 Å². The van der Waals surface area contributed by atoms with Gasteiger partial charge in [-0.15, -0.1) is 0 Å². The molecule has 6 nitrogen and oxygen atoms in total. The topological polar surface area (TPSA) is 67.6 Å². The van der Waals surface area contributed by atoms with Crippen LogP contribution in [0.2, 0.25) is 0 Å². The first-order valence-electron chi connectivity index (χ1n) is 8.79. The van der Waals surface area contributed by atoms with Gasteiger partial charge in [-0.3, -0.25) is 0 Å². The maximum Gasteiger partial charge on any atom is 0.317 e. The molecule has 0 bridgehead atoms. The van der Waals surface area contributed by atoms with Crippen LogP contribution >= 0.6 is 0 Å². The first kappa shape index (κ1) is 18.4. The van der Waals surface area contributed by atoms with E-state index in [1.54, 1.807) is 23.1 Å². The van der Waals surface area contributed by atoms with Crippen molar-refractivity contribution in [3.63, 3.8) is 0 Å². The summed E-state index contributed by atoms with van der Waals surface area (Å²) in [6.45, 7) is 6.88. The largest absolute Gasteiger partial charge is 0.370 e. The van der Waals surface area contributed by atoms with Crippen molar-refractivity contribution >= 4 is 6.03 Å². The molecule has 140 valence electrons. The lowest BCUT2D eigenvalue weighted by Crippen LogP contribution is -2.49. The smallest absolute Gasteiger partial charge is 0.317 e. The number of aromatic nitrogens is 1. The van der Waals surface area contributed by atoms with Gasteiger partial charge in [0.15, 0.2) is 0 Å². The van der Waals surface area contributed by atoms with Gasteiger partial charge in [0.1, 0.15) is 17.7 Å². The van der Waals surface area contributed by atoms with E-state index in [-0.39, 0.29) is 17.9 Å². The molecule has 0 aliphatic carbocycles. The number of urea groups is 1. The second-order valence-corrected chi connectivity index (χ2v) is 6.68. The molecule has 1 fully saturated rings. The van der Waals surface area contributed by atoms with Gasteiger partial charge in [-0.2, -0.15) is 0 Å². The van der Waals surface area contributed by atoms with Gasteiger partial charge in [0, 0.05) is 23.7 Å². The molecule has 2 amide bonds. The summed E-state index contributed by atoms with van der Waals surface area (Å²) in [7, 11) is 0. The van der Waals surface area contributed by atoms with E-state index in [4.69, 9.17) is 9.26 Å². The summed E-state index contributed by atoms with van der Waals surface area (Å²) < 4.78 is 24.8. The predicted molar refractivity (Wildman–Crippen MR) is 94.3 cm³/mol. The minimum Gasteiger partial charge on any atom is -0.370 e. The Hall–Kier alpha value is -2.41. The first-order valence-corrected chi connectivity index (χ1v) is 8.79. The number of morpholine rings is 1. The van der Waals surface area contributed by atoms with E-state index in [9.17, 15) is 9.18 Å². The van der Waals surface area contributed by atoms with Crippen LogP contribution < -0.4 is 5.32 Å². The number of ether oxygens (including phenoxy) is 1. The second-order valence-electron chi connectivity index (χ2n) is 6.68. The molecule has 26 heavy (non-hydrogen) atoms. The first-order chi connectivity index (χ1) is 12.5. The molecule has 2 aromatic rings. The van der Waals surface area contributed by atoms with Crippen LogP contribution in [0.4, 0.5) is 9.18 Å². The van der Waals surface area contributed by atoms with Crippen LogP contribution in [0.25, 0.3) is 0 Å². The summed E-state index contributed by atoms with van der Waals surface area (Å²) in [5.74, 6) is 0.459. The number of carbonyl (C=O) groups excluding carboxylic acids is 1. The number of aryl methyl sites for hydroxylation is 2. The lowest BCUT2D eigenvalue weighted by Gasteiger charge is -2.34. The number of nitrogens with zero attached hydrogens (tertiary/aromatic N) is 2. The van der Waals surface area contributed by atoms with Crippen LogP contribution in [-0.4, -0.2) is 41.8 Å². The summed E-state index contributed by atoms with van der Waals surface area (Å²) in [6, 6.07) is 6.27. The van der Waals surface area contributed by atoms with E-state index >= 15 is 0 Å². The SMILES string of the molecule is Cc1noc(C)c1C[C@H](C)NC(=O)N1CCO[C@H](c2ccccc2F)C1. The van der Waals surface area contributed by atoms with Crippen LogP contribution in [0.1, 0.15) is 35.6 Å². The number of benzene rings is 1. The van der Waals surface area contributed by atoms with Crippen molar-refractivity contribution in [2.75, 3.05) is 19.7 Å². The Kier molecular flexibility index (Phi) is 5.56. The van der Waals surface area contributed by atoms with Crippen molar-refractivity contribution in [3.8, 4) is 0 Å². The van der Waals surface area contributed by atoms with Crippen LogP contribution in [0.15, 0.2) is 28.8 Å². The van der Waals surface area contributed by atoms with Crippen molar-refractivity contribution < 1.29 is 18.4 Å². The van der Waals surface area contributed by atoms with Crippen molar-refractivity contribution in [1.82, 2.24) is 15.4 Å². The molecule has 2 heterocycles. The third-order valence-corrected chi connectivity index (χ3v) is 4.67. The molecule has 1 N–H and O–H groups in total. The van der Waals surface area contributed by atoms with E-state index in [1.807, 2.05) is 20.8 Å². The van der Waals surface area contributed by atoms with Crippen molar-refractivity contribution in [3.05, 3.63) is 52.7 Å². The predicted octanol–water partition coefficient (Wildman–Crippen LogP) is 3.14. The summed E-state index contributed by atoms with van der Waals surface area (Å²) in [5.41, 5.74) is 2.34. The van der Waals surface area contributed by atoms with Gasteiger partial charge in [-0.25, -0.2) is 9.18 Å². The van der Waals surface area contributed by atoms with Gasteiger partial charge in [0.05, 0.1) is 18.8 Å². The highest BCUT2D eigenvalue weighted by Gasteiger charge is 2.28. The lowest BCUT2D eigenvalue weighted by molar-refractivity contribution is -0.0174. The fraction of sp³-hybridized carbons (Fsp3) is 0.474. The number of rotatable bonds is 4. The summed E-state index contributed by atoms with van der Waals surface area (Å²) in [5, 5.41) is 6.94. The summed E-state index contributed by atoms with van der Waals surface area (Å²) >= 11 is 0. The Balaban J connectivity index is 1.60. The van der Waals surface area contributed by atoms with Crippen LogP contribution in [-0.2, 0) is 11.2 Å². The van der Waals surface area contributed by atoms with Gasteiger partial charge in [-0.05, 0) is 33.3 Å². The van der Waals surface area contributed by atoms with Crippen LogP contribution in [0.3, 0.4) is 0 Å². The van der Waals surface area contributed by atoms with E-state index in [1.165, 1.54) is 6.07 Å². The van der Waals surface area contributed by atoms with Gasteiger partial charge < -0.3 is 19.5 Å². The average molecular weight is 361 g/mol. The molecule has 1 aliphatic rings. The molecule has 0 radical (unpaired) electrons. The highest BCUT2D eigenvalue weighted by molar-refractivity contribution is 5.74. The molecule has 1 aliphatic heterocycles. The Morgan fingerprint density at radius 3 is 2.88 bits per heavy atom. The molecule has 3 rings (SSSR count). The molecule has 7 heteroatoms. The number of nitrogens with one attached hydrogen (secondary N) is 1. The van der Waals surface area contributed by atoms with Gasteiger partial charge in [-0.1, -0.05) is 23.4 Å². The number of halogens is 1. The molecule has 1 aromatic carbocycles. The zero-order valence-electron chi connectivity index (χ0n) is 15.3. The molecular formula is C19H24FN3O3. The normalized spacial score (nSPS) is 18.6. The third kappa shape index (κ3) is 4.04. The van der Waals surface area contributed by atoms with E-state index in [0.29, 0.717) is 31.7 Å². The zero-order valence-corrected chi connectivity index (χ0v) is 15.3. The third-order valence-electron chi connectivity index (χ3n) is 4.67. The lowest BCUT2D eigenvalue weighted by atomic mass is 10.1. The summed E-state index contributed by atoms with van der Waals surface area (Å²) in [6.07, 6.45) is 0.196. The second kappa shape index (κ2) is 7.86. The minimum absolute atomic E-state index is 0.0749. The maximum absolute atomic E-state index is 14.0. The number of hydrogen-bond acceptors (Lipinski definition) is 4. The van der Waals surface area contributed by atoms with Gasteiger partial charge in [0.25, 0.3) is 0 Å². The van der Waals surface area contributed by atoms with Crippen molar-refractivity contribution in [2.24, 2.45) is 0 Å². The van der Waals surface area contributed by atoms with Gasteiger partial charge >= 0.3 is 6.03 Å². The fourth-order valence-electron chi connectivity index (χ4n) is 3.21. The van der Waals surface area contributed by atoms with Crippen LogP contribution in [0, 0.1) is 19.7 Å². The van der Waals surface area contributed by atoms with Crippen molar-refractivity contribution in [1.29, 1.82) is 0 Å². The fourth-order valence-corrected chi connectivity index (χ4v) is 3.21. The highest BCUT2D eigenvalue weighted by atomic mass is 19.1. The Morgan fingerprint density at radius 2 is 2.19 bits per heavy atom. The van der Waals surface area contributed by atoms with E-state index in [0.717, 1.165) is 17.0 Å². The minimum atomic E-state index is -0.450. The van der Waals surface area contributed by atoms with E-state index < -0.39 is 6.10 Å². The highest BCUT2D eigenvalue weighted by Crippen LogP contribution is 2.24. The molecule has 1 aromatic heterocycles. The molecule has 0 saturated carbocycles. The summed E-state index contributed by atoms with van der Waals surface area (Å²) in [4.78, 5) is 14.3. The molecule has 0 unspecified atom stereocenters. The quantitative estimate of drug-likeness (QED) is 0.908. The monoisotopic (exact) mass is 361 g/mol. The average Bonchev–Trinajstić information content (AvgIpc) is 2.94. The number of carbonyl (C=O) groups is 1. The Morgan fingerprint density at radius 1 is 1.42 bits per heavy atom. The zero-order chi connectivity index (χ0) is 18.7. The Bertz CT molecular complexity index is 758. The molecule has 0 spiro atoms. The van der Waals surface area contributed by atoms with Crippen molar-refractivity contribution in [2.45, 2.75) is 39.3 Å². The number of amides is 2. The van der Waals surface area contributed by atoms with Gasteiger partial charge in [0.2, 0.25) is 0 Å². The molecule has 1 saturated heterocycles. The standard InChI is InChI=1S/C19H24FN3O3/c1-12(10-16-13(2)22-26-14(16)3)21-19(24)23-8-9-25-18(11-23)15-6-4-5-7-17(15)20/h4-7,12,18H,8-11H2,1-3H3,(H,21,24)/t12-,18-/m0/s1.